The number of sulfonamides is 1. The Balaban J connectivity index is 1.37. The number of amides is 1. The molecule has 0 aromatic carbocycles. The number of aliphatic hydroxyl groups is 1. The van der Waals surface area contributed by atoms with Crippen LogP contribution < -0.4 is 4.13 Å². The number of hydrogen-bond donors (Lipinski definition) is 2. The van der Waals surface area contributed by atoms with Gasteiger partial charge in [0.15, 0.2) is 11.0 Å². The van der Waals surface area contributed by atoms with Crippen molar-refractivity contribution in [1.82, 2.24) is 9.03 Å². The van der Waals surface area contributed by atoms with E-state index in [9.17, 15) is 40.1 Å². The van der Waals surface area contributed by atoms with Crippen molar-refractivity contribution in [2.45, 2.75) is 74.6 Å². The predicted molar refractivity (Wildman–Crippen MR) is 113 cm³/mol. The molecule has 1 amide bonds. The number of likely N-dealkylation sites (tertiary alicyclic amines) is 1. The van der Waals surface area contributed by atoms with E-state index in [2.05, 4.69) is 0 Å². The third kappa shape index (κ3) is 4.89. The highest BCUT2D eigenvalue weighted by molar-refractivity contribution is 8.03. The van der Waals surface area contributed by atoms with E-state index < -0.39 is 43.7 Å². The minimum atomic E-state index is -6.10. The summed E-state index contributed by atoms with van der Waals surface area (Å²) in [4.78, 5) is 12.7. The second-order valence-corrected chi connectivity index (χ2v) is 13.6. The third-order valence-corrected chi connectivity index (χ3v) is 10.7. The van der Waals surface area contributed by atoms with E-state index in [1.165, 1.54) is 0 Å². The van der Waals surface area contributed by atoms with Gasteiger partial charge in [-0.2, -0.15) is 17.6 Å². The Labute approximate surface area is 198 Å². The lowest BCUT2D eigenvalue weighted by Crippen LogP contribution is -2.56. The quantitative estimate of drug-likeness (QED) is 0.347. The number of alkyl halides is 4. The van der Waals surface area contributed by atoms with Crippen LogP contribution in [-0.4, -0.2) is 65.0 Å². The summed E-state index contributed by atoms with van der Waals surface area (Å²) in [5.74, 6) is -0.631. The predicted octanol–water partition coefficient (Wildman–Crippen LogP) is 2.32. The summed E-state index contributed by atoms with van der Waals surface area (Å²) in [6.07, 6.45) is 4.09. The molecule has 1 heterocycles. The highest BCUT2D eigenvalue weighted by atomic mass is 32.3. The van der Waals surface area contributed by atoms with Crippen LogP contribution in [0.2, 0.25) is 0 Å². The monoisotopic (exact) mass is 534 g/mol. The van der Waals surface area contributed by atoms with Gasteiger partial charge in [0.25, 0.3) is 10.0 Å². The van der Waals surface area contributed by atoms with E-state index in [1.807, 2.05) is 0 Å². The van der Waals surface area contributed by atoms with Crippen molar-refractivity contribution in [3.05, 3.63) is 0 Å². The Morgan fingerprint density at radius 2 is 1.56 bits per heavy atom. The molecule has 34 heavy (non-hydrogen) atoms. The topological polar surface area (TPSA) is 113 Å². The van der Waals surface area contributed by atoms with Gasteiger partial charge in [0, 0.05) is 13.1 Å². The first-order chi connectivity index (χ1) is 15.8. The van der Waals surface area contributed by atoms with Crippen LogP contribution in [0.1, 0.15) is 57.8 Å². The van der Waals surface area contributed by atoms with E-state index in [1.54, 1.807) is 0 Å². The van der Waals surface area contributed by atoms with Crippen LogP contribution in [-0.2, 0) is 30.5 Å². The SMILES string of the molecule is O=C(N1CCCCC1)C(F)(F)S(=O)(=O)NS(=O)C(F)(F)C(O)OCC12CC3CC(CC(C3)C1)C2. The van der Waals surface area contributed by atoms with Crippen molar-refractivity contribution in [2.24, 2.45) is 23.2 Å². The van der Waals surface area contributed by atoms with Crippen molar-refractivity contribution in [1.29, 1.82) is 0 Å². The lowest BCUT2D eigenvalue weighted by atomic mass is 9.50. The smallest absolute Gasteiger partial charge is 0.362 e. The van der Waals surface area contributed by atoms with Crippen molar-refractivity contribution in [3.63, 3.8) is 0 Å². The van der Waals surface area contributed by atoms with Gasteiger partial charge in [-0.25, -0.2) is 12.6 Å². The molecule has 0 spiro atoms. The Bertz CT molecular complexity index is 891. The van der Waals surface area contributed by atoms with Crippen molar-refractivity contribution in [3.8, 4) is 0 Å². The summed E-state index contributed by atoms with van der Waals surface area (Å²) in [6, 6.07) is 0. The van der Waals surface area contributed by atoms with Crippen LogP contribution in [0, 0.1) is 23.2 Å². The van der Waals surface area contributed by atoms with Crippen molar-refractivity contribution in [2.75, 3.05) is 19.7 Å². The molecule has 5 aliphatic rings. The molecule has 4 bridgehead atoms. The number of nitrogens with one attached hydrogen (secondary N) is 1. The molecule has 4 saturated carbocycles. The first kappa shape index (κ1) is 26.2. The zero-order valence-corrected chi connectivity index (χ0v) is 20.2. The normalized spacial score (nSPS) is 33.7. The van der Waals surface area contributed by atoms with E-state index >= 15 is 0 Å². The zero-order chi connectivity index (χ0) is 24.9. The average molecular weight is 535 g/mol. The molecular weight excluding hydrogens is 504 g/mol. The van der Waals surface area contributed by atoms with Gasteiger partial charge >= 0.3 is 16.4 Å². The number of carbonyl (C=O) groups excluding carboxylic acids is 1. The van der Waals surface area contributed by atoms with E-state index in [-0.39, 0.29) is 25.1 Å². The van der Waals surface area contributed by atoms with Crippen LogP contribution in [0.4, 0.5) is 17.6 Å². The van der Waals surface area contributed by atoms with E-state index in [0.717, 1.165) is 38.5 Å². The Morgan fingerprint density at radius 1 is 1.06 bits per heavy atom. The Kier molecular flexibility index (Phi) is 7.13. The average Bonchev–Trinajstić information content (AvgIpc) is 2.76. The third-order valence-electron chi connectivity index (χ3n) is 7.66. The number of rotatable bonds is 9. The van der Waals surface area contributed by atoms with Crippen LogP contribution in [0.15, 0.2) is 0 Å². The molecule has 5 fully saturated rings. The van der Waals surface area contributed by atoms with E-state index in [4.69, 9.17) is 4.74 Å². The fraction of sp³-hybridized carbons (Fsp3) is 0.950. The van der Waals surface area contributed by atoms with Gasteiger partial charge in [-0.3, -0.25) is 4.79 Å². The summed E-state index contributed by atoms with van der Waals surface area (Å²) in [6.45, 7) is -0.416. The summed E-state index contributed by atoms with van der Waals surface area (Å²) >= 11 is 0. The van der Waals surface area contributed by atoms with Gasteiger partial charge < -0.3 is 14.7 Å². The first-order valence-corrected chi connectivity index (χ1v) is 14.2. The summed E-state index contributed by atoms with van der Waals surface area (Å²) in [7, 11) is -10.1. The molecule has 196 valence electrons. The largest absolute Gasteiger partial charge is 0.436 e. The van der Waals surface area contributed by atoms with Crippen molar-refractivity contribution < 1.29 is 44.8 Å². The van der Waals surface area contributed by atoms with Gasteiger partial charge in [0.2, 0.25) is 6.29 Å². The molecule has 14 heteroatoms. The standard InChI is InChI=1S/C20H30F4N2O6S2/c21-19(22,17(28)32-12-18-9-13-6-14(10-18)8-15(7-13)11-18)33(29)25-34(30,31)20(23,24)16(27)26-4-2-1-3-5-26/h13-15,17,25,28H,1-12H2. The van der Waals surface area contributed by atoms with Gasteiger partial charge in [-0.05, 0) is 81.0 Å². The second-order valence-electron chi connectivity index (χ2n) is 10.4. The van der Waals surface area contributed by atoms with Crippen LogP contribution in [0.3, 0.4) is 0 Å². The molecule has 2 atom stereocenters. The lowest BCUT2D eigenvalue weighted by Gasteiger charge is -2.56. The highest BCUT2D eigenvalue weighted by Crippen LogP contribution is 2.60. The minimum Gasteiger partial charge on any atom is -0.362 e. The molecule has 8 nitrogen and oxygen atoms in total. The summed E-state index contributed by atoms with van der Waals surface area (Å²) in [5.41, 5.74) is -0.374. The molecule has 0 aromatic rings. The fourth-order valence-corrected chi connectivity index (χ4v) is 8.78. The Hall–Kier alpha value is -0.830. The highest BCUT2D eigenvalue weighted by Gasteiger charge is 2.59. The minimum absolute atomic E-state index is 0.0972. The maximum atomic E-state index is 14.5. The van der Waals surface area contributed by atoms with Gasteiger partial charge in [0.1, 0.15) is 0 Å². The number of piperidine rings is 1. The van der Waals surface area contributed by atoms with Crippen molar-refractivity contribution >= 4 is 26.9 Å². The molecule has 0 radical (unpaired) electrons. The molecule has 1 aliphatic heterocycles. The molecule has 0 aromatic heterocycles. The van der Waals surface area contributed by atoms with Gasteiger partial charge in [-0.1, -0.05) is 0 Å². The summed E-state index contributed by atoms with van der Waals surface area (Å²) < 4.78 is 99.6. The van der Waals surface area contributed by atoms with Crippen LogP contribution in [0.5, 0.6) is 0 Å². The molecule has 1 saturated heterocycles. The molecular formula is C20H30F4N2O6S2. The maximum Gasteiger partial charge on any atom is 0.436 e. The van der Waals surface area contributed by atoms with Crippen LogP contribution in [0.25, 0.3) is 0 Å². The maximum absolute atomic E-state index is 14.5. The first-order valence-electron chi connectivity index (χ1n) is 11.5. The zero-order valence-electron chi connectivity index (χ0n) is 18.6. The number of ether oxygens (including phenoxy) is 1. The molecule has 2 N–H and O–H groups in total. The second kappa shape index (κ2) is 9.24. The number of aliphatic hydroxyl groups excluding tert-OH is 1. The Morgan fingerprint density at radius 3 is 2.06 bits per heavy atom. The molecule has 5 rings (SSSR count). The number of halogens is 4. The number of carbonyl (C=O) groups is 1. The fourth-order valence-electron chi connectivity index (χ4n) is 6.51. The van der Waals surface area contributed by atoms with Crippen LogP contribution >= 0.6 is 0 Å². The van der Waals surface area contributed by atoms with E-state index in [0.29, 0.717) is 46.0 Å². The lowest BCUT2D eigenvalue weighted by molar-refractivity contribution is -0.221. The molecule has 2 unspecified atom stereocenters. The number of nitrogens with zero attached hydrogens (tertiary/aromatic N) is 1. The molecule has 4 aliphatic carbocycles. The number of hydrogen-bond acceptors (Lipinski definition) is 6. The van der Waals surface area contributed by atoms with Gasteiger partial charge in [-0.15, -0.1) is 4.13 Å². The van der Waals surface area contributed by atoms with Gasteiger partial charge in [0.05, 0.1) is 6.61 Å². The summed E-state index contributed by atoms with van der Waals surface area (Å²) in [5, 5.41) is 0.0663.